The maximum Gasteiger partial charge on any atom is 0.153 e. The van der Waals surface area contributed by atoms with Crippen LogP contribution in [0.2, 0.25) is 0 Å². The fourth-order valence-corrected chi connectivity index (χ4v) is 2.89. The molecule has 1 atom stereocenters. The number of benzene rings is 2. The van der Waals surface area contributed by atoms with E-state index in [1.807, 2.05) is 30.3 Å². The molecule has 3 aromatic rings. The van der Waals surface area contributed by atoms with E-state index in [1.54, 1.807) is 0 Å². The first-order valence-corrected chi connectivity index (χ1v) is 7.07. The van der Waals surface area contributed by atoms with Gasteiger partial charge in [0.15, 0.2) is 5.01 Å². The SMILES string of the molecule is NC(c1ccccc1)c1nnc(-c2c(F)cccc2F)s1. The highest BCUT2D eigenvalue weighted by Gasteiger charge is 2.19. The lowest BCUT2D eigenvalue weighted by Crippen LogP contribution is -2.11. The Morgan fingerprint density at radius 2 is 1.57 bits per heavy atom. The molecule has 2 N–H and O–H groups in total. The molecule has 0 saturated heterocycles. The largest absolute Gasteiger partial charge is 0.318 e. The van der Waals surface area contributed by atoms with Crippen molar-refractivity contribution >= 4 is 11.3 Å². The fraction of sp³-hybridized carbons (Fsp3) is 0.0667. The zero-order valence-electron chi connectivity index (χ0n) is 10.8. The van der Waals surface area contributed by atoms with Crippen LogP contribution in [0.5, 0.6) is 0 Å². The second-order valence-electron chi connectivity index (χ2n) is 4.43. The molecule has 0 aliphatic heterocycles. The Labute approximate surface area is 124 Å². The van der Waals surface area contributed by atoms with Crippen LogP contribution in [0.25, 0.3) is 10.6 Å². The molecule has 2 aromatic carbocycles. The molecular weight excluding hydrogens is 292 g/mol. The second-order valence-corrected chi connectivity index (χ2v) is 5.44. The molecule has 1 aromatic heterocycles. The van der Waals surface area contributed by atoms with E-state index in [0.717, 1.165) is 16.9 Å². The Kier molecular flexibility index (Phi) is 3.72. The van der Waals surface area contributed by atoms with Crippen LogP contribution in [-0.2, 0) is 0 Å². The van der Waals surface area contributed by atoms with Gasteiger partial charge in [-0.3, -0.25) is 0 Å². The molecule has 0 aliphatic carbocycles. The van der Waals surface area contributed by atoms with Gasteiger partial charge in [-0.25, -0.2) is 8.78 Å². The maximum atomic E-state index is 13.7. The summed E-state index contributed by atoms with van der Waals surface area (Å²) in [5.74, 6) is -1.32. The highest BCUT2D eigenvalue weighted by atomic mass is 32.1. The molecule has 0 saturated carbocycles. The molecule has 0 radical (unpaired) electrons. The summed E-state index contributed by atoms with van der Waals surface area (Å²) in [5.41, 5.74) is 6.81. The molecule has 3 nitrogen and oxygen atoms in total. The van der Waals surface area contributed by atoms with Gasteiger partial charge in [0.05, 0.1) is 11.6 Å². The predicted molar refractivity (Wildman–Crippen MR) is 77.7 cm³/mol. The summed E-state index contributed by atoms with van der Waals surface area (Å²) in [5, 5.41) is 8.52. The van der Waals surface area contributed by atoms with Crippen LogP contribution >= 0.6 is 11.3 Å². The van der Waals surface area contributed by atoms with Crippen molar-refractivity contribution < 1.29 is 8.78 Å². The van der Waals surface area contributed by atoms with Crippen LogP contribution in [0.4, 0.5) is 8.78 Å². The molecule has 6 heteroatoms. The minimum atomic E-state index is -0.661. The number of hydrogen-bond acceptors (Lipinski definition) is 4. The third kappa shape index (κ3) is 2.68. The summed E-state index contributed by atoms with van der Waals surface area (Å²) in [6.07, 6.45) is 0. The third-order valence-corrected chi connectivity index (χ3v) is 4.07. The standard InChI is InChI=1S/C15H11F2N3S/c16-10-7-4-8-11(17)12(10)14-19-20-15(21-14)13(18)9-5-2-1-3-6-9/h1-8,13H,18H2. The van der Waals surface area contributed by atoms with E-state index in [1.165, 1.54) is 18.2 Å². The summed E-state index contributed by atoms with van der Waals surface area (Å²) in [4.78, 5) is 0. The quantitative estimate of drug-likeness (QED) is 0.805. The lowest BCUT2D eigenvalue weighted by molar-refractivity contribution is 0.589. The smallest absolute Gasteiger partial charge is 0.153 e. The minimum absolute atomic E-state index is 0.165. The lowest BCUT2D eigenvalue weighted by Gasteiger charge is -2.07. The van der Waals surface area contributed by atoms with Crippen molar-refractivity contribution in [1.82, 2.24) is 10.2 Å². The van der Waals surface area contributed by atoms with Gasteiger partial charge in [-0.15, -0.1) is 10.2 Å². The number of hydrogen-bond donors (Lipinski definition) is 1. The number of nitrogens with two attached hydrogens (primary N) is 1. The van der Waals surface area contributed by atoms with Crippen molar-refractivity contribution in [3.05, 3.63) is 70.7 Å². The van der Waals surface area contributed by atoms with Crippen molar-refractivity contribution in [2.75, 3.05) is 0 Å². The van der Waals surface area contributed by atoms with Gasteiger partial charge in [-0.1, -0.05) is 47.7 Å². The highest BCUT2D eigenvalue weighted by Crippen LogP contribution is 2.31. The minimum Gasteiger partial charge on any atom is -0.318 e. The van der Waals surface area contributed by atoms with Gasteiger partial charge in [-0.05, 0) is 17.7 Å². The highest BCUT2D eigenvalue weighted by molar-refractivity contribution is 7.14. The van der Waals surface area contributed by atoms with Crippen LogP contribution in [-0.4, -0.2) is 10.2 Å². The number of nitrogens with zero attached hydrogens (tertiary/aromatic N) is 2. The molecule has 0 aliphatic rings. The van der Waals surface area contributed by atoms with Gasteiger partial charge in [0.2, 0.25) is 0 Å². The van der Waals surface area contributed by atoms with E-state index in [9.17, 15) is 8.78 Å². The molecule has 3 rings (SSSR count). The molecule has 106 valence electrons. The van der Waals surface area contributed by atoms with Crippen molar-refractivity contribution in [3.63, 3.8) is 0 Å². The van der Waals surface area contributed by atoms with Crippen LogP contribution in [0.15, 0.2) is 48.5 Å². The molecule has 0 spiro atoms. The van der Waals surface area contributed by atoms with E-state index < -0.39 is 17.7 Å². The zero-order valence-corrected chi connectivity index (χ0v) is 11.6. The summed E-state index contributed by atoms with van der Waals surface area (Å²) < 4.78 is 27.5. The monoisotopic (exact) mass is 303 g/mol. The summed E-state index contributed by atoms with van der Waals surface area (Å²) in [6.45, 7) is 0. The van der Waals surface area contributed by atoms with E-state index in [-0.39, 0.29) is 10.6 Å². The summed E-state index contributed by atoms with van der Waals surface area (Å²) in [7, 11) is 0. The Morgan fingerprint density at radius 1 is 0.905 bits per heavy atom. The van der Waals surface area contributed by atoms with Crippen molar-refractivity contribution in [3.8, 4) is 10.6 Å². The Balaban J connectivity index is 1.97. The Hall–Kier alpha value is -2.18. The third-order valence-electron chi connectivity index (χ3n) is 3.04. The second kappa shape index (κ2) is 5.67. The number of aromatic nitrogens is 2. The van der Waals surface area contributed by atoms with Crippen molar-refractivity contribution in [2.45, 2.75) is 6.04 Å². The maximum absolute atomic E-state index is 13.7. The van der Waals surface area contributed by atoms with E-state index >= 15 is 0 Å². The molecule has 0 amide bonds. The summed E-state index contributed by atoms with van der Waals surface area (Å²) >= 11 is 1.09. The first-order valence-electron chi connectivity index (χ1n) is 6.25. The molecular formula is C15H11F2N3S. The number of rotatable bonds is 3. The lowest BCUT2D eigenvalue weighted by atomic mass is 10.1. The Morgan fingerprint density at radius 3 is 2.24 bits per heavy atom. The van der Waals surface area contributed by atoms with E-state index in [0.29, 0.717) is 5.01 Å². The Bertz CT molecular complexity index is 738. The molecule has 0 fully saturated rings. The van der Waals surface area contributed by atoms with Gasteiger partial charge < -0.3 is 5.73 Å². The average molecular weight is 303 g/mol. The zero-order chi connectivity index (χ0) is 14.8. The van der Waals surface area contributed by atoms with Crippen molar-refractivity contribution in [2.24, 2.45) is 5.73 Å². The van der Waals surface area contributed by atoms with Gasteiger partial charge in [-0.2, -0.15) is 0 Å². The van der Waals surface area contributed by atoms with Crippen LogP contribution in [0, 0.1) is 11.6 Å². The molecule has 1 unspecified atom stereocenters. The normalized spacial score (nSPS) is 12.3. The molecule has 21 heavy (non-hydrogen) atoms. The first kappa shape index (κ1) is 13.8. The predicted octanol–water partition coefficient (Wildman–Crippen LogP) is 3.53. The summed E-state index contributed by atoms with van der Waals surface area (Å²) in [6, 6.07) is 12.6. The van der Waals surface area contributed by atoms with Crippen LogP contribution in [0.1, 0.15) is 16.6 Å². The van der Waals surface area contributed by atoms with Crippen LogP contribution < -0.4 is 5.73 Å². The van der Waals surface area contributed by atoms with Gasteiger partial charge >= 0.3 is 0 Å². The van der Waals surface area contributed by atoms with Gasteiger partial charge in [0.1, 0.15) is 16.6 Å². The van der Waals surface area contributed by atoms with Gasteiger partial charge in [0, 0.05) is 0 Å². The number of halogens is 2. The van der Waals surface area contributed by atoms with Crippen LogP contribution in [0.3, 0.4) is 0 Å². The molecule has 1 heterocycles. The average Bonchev–Trinajstić information content (AvgIpc) is 2.97. The fourth-order valence-electron chi connectivity index (χ4n) is 1.97. The van der Waals surface area contributed by atoms with E-state index in [4.69, 9.17) is 5.73 Å². The molecule has 0 bridgehead atoms. The van der Waals surface area contributed by atoms with E-state index in [2.05, 4.69) is 10.2 Å². The first-order chi connectivity index (χ1) is 10.2. The van der Waals surface area contributed by atoms with Crippen molar-refractivity contribution in [1.29, 1.82) is 0 Å². The topological polar surface area (TPSA) is 51.8 Å². The van der Waals surface area contributed by atoms with Gasteiger partial charge in [0.25, 0.3) is 0 Å².